The van der Waals surface area contributed by atoms with E-state index in [1.54, 1.807) is 6.07 Å². The van der Waals surface area contributed by atoms with E-state index in [0.717, 1.165) is 20.0 Å². The molecular weight excluding hydrogens is 396 g/mol. The Balaban J connectivity index is 1.86. The van der Waals surface area contributed by atoms with E-state index in [9.17, 15) is 4.39 Å². The third kappa shape index (κ3) is 2.27. The standard InChI is InChI=1S/C15H9FIN5/c16-8-1-3-13-10(5-8)15(22-21-13)20-14-11-6-9(17)2-4-12(11)18-7-19-14/h1-7H,(H2,18,19,20,21,22). The predicted molar refractivity (Wildman–Crippen MR) is 91.6 cm³/mol. The molecule has 0 fully saturated rings. The minimum Gasteiger partial charge on any atom is -0.322 e. The molecule has 0 radical (unpaired) electrons. The number of halogens is 2. The summed E-state index contributed by atoms with van der Waals surface area (Å²) in [5, 5.41) is 11.8. The highest BCUT2D eigenvalue weighted by atomic mass is 127. The molecule has 0 aliphatic rings. The molecule has 0 spiro atoms. The Morgan fingerprint density at radius 3 is 2.82 bits per heavy atom. The average molecular weight is 405 g/mol. The monoisotopic (exact) mass is 405 g/mol. The molecule has 2 aromatic carbocycles. The van der Waals surface area contributed by atoms with E-state index in [1.807, 2.05) is 18.2 Å². The number of fused-ring (bicyclic) bond motifs is 2. The first-order valence-electron chi connectivity index (χ1n) is 6.51. The van der Waals surface area contributed by atoms with E-state index in [1.165, 1.54) is 18.5 Å². The quantitative estimate of drug-likeness (QED) is 0.495. The van der Waals surface area contributed by atoms with E-state index in [4.69, 9.17) is 0 Å². The molecule has 7 heteroatoms. The van der Waals surface area contributed by atoms with Gasteiger partial charge in [0.1, 0.15) is 18.0 Å². The van der Waals surface area contributed by atoms with E-state index in [2.05, 4.69) is 48.1 Å². The smallest absolute Gasteiger partial charge is 0.161 e. The summed E-state index contributed by atoms with van der Waals surface area (Å²) in [4.78, 5) is 8.52. The Hall–Kier alpha value is -2.29. The lowest BCUT2D eigenvalue weighted by Gasteiger charge is -2.06. The number of benzene rings is 2. The first kappa shape index (κ1) is 13.4. The Bertz CT molecular complexity index is 998. The highest BCUT2D eigenvalue weighted by molar-refractivity contribution is 14.1. The van der Waals surface area contributed by atoms with Crippen LogP contribution in [0.25, 0.3) is 21.8 Å². The number of aromatic nitrogens is 4. The van der Waals surface area contributed by atoms with Crippen LogP contribution in [0.5, 0.6) is 0 Å². The van der Waals surface area contributed by atoms with Crippen molar-refractivity contribution < 1.29 is 4.39 Å². The van der Waals surface area contributed by atoms with Crippen LogP contribution >= 0.6 is 22.6 Å². The molecule has 2 heterocycles. The molecule has 108 valence electrons. The number of rotatable bonds is 2. The number of nitrogens with one attached hydrogen (secondary N) is 2. The molecule has 4 aromatic rings. The fraction of sp³-hybridized carbons (Fsp3) is 0. The van der Waals surface area contributed by atoms with Crippen LogP contribution in [0.15, 0.2) is 42.7 Å². The molecule has 22 heavy (non-hydrogen) atoms. The van der Waals surface area contributed by atoms with Gasteiger partial charge in [-0.25, -0.2) is 14.4 Å². The van der Waals surface area contributed by atoms with E-state index >= 15 is 0 Å². The zero-order valence-electron chi connectivity index (χ0n) is 11.1. The van der Waals surface area contributed by atoms with Crippen molar-refractivity contribution in [2.45, 2.75) is 0 Å². The molecule has 0 amide bonds. The molecule has 0 bridgehead atoms. The van der Waals surface area contributed by atoms with Gasteiger partial charge in [-0.3, -0.25) is 5.10 Å². The summed E-state index contributed by atoms with van der Waals surface area (Å²) in [5.74, 6) is 0.869. The zero-order chi connectivity index (χ0) is 15.1. The first-order chi connectivity index (χ1) is 10.7. The van der Waals surface area contributed by atoms with Crippen LogP contribution in [0.4, 0.5) is 16.0 Å². The van der Waals surface area contributed by atoms with Crippen molar-refractivity contribution in [1.82, 2.24) is 20.2 Å². The van der Waals surface area contributed by atoms with Gasteiger partial charge in [-0.2, -0.15) is 5.10 Å². The van der Waals surface area contributed by atoms with Crippen LogP contribution in [0.1, 0.15) is 0 Å². The Labute approximate surface area is 138 Å². The van der Waals surface area contributed by atoms with Gasteiger partial charge in [0, 0.05) is 14.3 Å². The van der Waals surface area contributed by atoms with Crippen molar-refractivity contribution in [1.29, 1.82) is 0 Å². The van der Waals surface area contributed by atoms with Gasteiger partial charge in [0.25, 0.3) is 0 Å². The normalized spacial score (nSPS) is 11.2. The molecule has 5 nitrogen and oxygen atoms in total. The van der Waals surface area contributed by atoms with Crippen LogP contribution in [-0.4, -0.2) is 20.2 Å². The summed E-state index contributed by atoms with van der Waals surface area (Å²) in [6.07, 6.45) is 1.49. The Morgan fingerprint density at radius 1 is 1.00 bits per heavy atom. The van der Waals surface area contributed by atoms with Gasteiger partial charge in [-0.1, -0.05) is 0 Å². The fourth-order valence-electron chi connectivity index (χ4n) is 2.32. The van der Waals surface area contributed by atoms with Gasteiger partial charge < -0.3 is 5.32 Å². The third-order valence-electron chi connectivity index (χ3n) is 3.36. The molecule has 0 aliphatic carbocycles. The summed E-state index contributed by atoms with van der Waals surface area (Å²) < 4.78 is 14.5. The van der Waals surface area contributed by atoms with Crippen LogP contribution in [0, 0.1) is 9.39 Å². The second-order valence-electron chi connectivity index (χ2n) is 4.77. The van der Waals surface area contributed by atoms with E-state index < -0.39 is 0 Å². The SMILES string of the molecule is Fc1ccc2[nH]nc(Nc3ncnc4ccc(I)cc34)c2c1. The van der Waals surface area contributed by atoms with E-state index in [-0.39, 0.29) is 5.82 Å². The summed E-state index contributed by atoms with van der Waals surface area (Å²) in [6.45, 7) is 0. The minimum absolute atomic E-state index is 0.306. The molecule has 0 atom stereocenters. The maximum Gasteiger partial charge on any atom is 0.161 e. The topological polar surface area (TPSA) is 66.5 Å². The van der Waals surface area contributed by atoms with Gasteiger partial charge in [-0.05, 0) is 59.0 Å². The highest BCUT2D eigenvalue weighted by Crippen LogP contribution is 2.27. The molecule has 2 N–H and O–H groups in total. The molecule has 0 unspecified atom stereocenters. The largest absolute Gasteiger partial charge is 0.322 e. The second-order valence-corrected chi connectivity index (χ2v) is 6.02. The predicted octanol–water partition coefficient (Wildman–Crippen LogP) is 3.99. The third-order valence-corrected chi connectivity index (χ3v) is 4.03. The van der Waals surface area contributed by atoms with Crippen LogP contribution < -0.4 is 5.32 Å². The number of anilines is 2. The van der Waals surface area contributed by atoms with Crippen LogP contribution in [-0.2, 0) is 0 Å². The van der Waals surface area contributed by atoms with Crippen molar-refractivity contribution in [3.05, 3.63) is 52.1 Å². The minimum atomic E-state index is -0.306. The first-order valence-corrected chi connectivity index (χ1v) is 7.59. The van der Waals surface area contributed by atoms with Gasteiger partial charge in [-0.15, -0.1) is 0 Å². The summed E-state index contributed by atoms with van der Waals surface area (Å²) in [7, 11) is 0. The second kappa shape index (κ2) is 5.16. The lowest BCUT2D eigenvalue weighted by molar-refractivity contribution is 0.630. The van der Waals surface area contributed by atoms with Crippen molar-refractivity contribution in [3.63, 3.8) is 0 Å². The van der Waals surface area contributed by atoms with Gasteiger partial charge in [0.2, 0.25) is 0 Å². The highest BCUT2D eigenvalue weighted by Gasteiger charge is 2.10. The zero-order valence-corrected chi connectivity index (χ0v) is 13.3. The number of H-pyrrole nitrogens is 1. The number of hydrogen-bond acceptors (Lipinski definition) is 4. The Morgan fingerprint density at radius 2 is 1.91 bits per heavy atom. The summed E-state index contributed by atoms with van der Waals surface area (Å²) >= 11 is 2.24. The lowest BCUT2D eigenvalue weighted by Crippen LogP contribution is -1.97. The molecule has 0 saturated heterocycles. The van der Waals surface area contributed by atoms with Gasteiger partial charge in [0.05, 0.1) is 11.0 Å². The number of nitrogens with zero attached hydrogens (tertiary/aromatic N) is 3. The molecule has 4 rings (SSSR count). The van der Waals surface area contributed by atoms with Crippen molar-refractivity contribution in [2.24, 2.45) is 0 Å². The number of hydrogen-bond donors (Lipinski definition) is 2. The molecule has 2 aromatic heterocycles. The molecular formula is C15H9FIN5. The van der Waals surface area contributed by atoms with Crippen molar-refractivity contribution >= 4 is 56.0 Å². The maximum absolute atomic E-state index is 13.4. The van der Waals surface area contributed by atoms with Crippen molar-refractivity contribution in [3.8, 4) is 0 Å². The number of aromatic amines is 1. The van der Waals surface area contributed by atoms with Gasteiger partial charge >= 0.3 is 0 Å². The van der Waals surface area contributed by atoms with Crippen LogP contribution in [0.2, 0.25) is 0 Å². The van der Waals surface area contributed by atoms with Crippen LogP contribution in [0.3, 0.4) is 0 Å². The fourth-order valence-corrected chi connectivity index (χ4v) is 2.81. The van der Waals surface area contributed by atoms with Gasteiger partial charge in [0.15, 0.2) is 5.82 Å². The Kier molecular flexibility index (Phi) is 3.14. The van der Waals surface area contributed by atoms with Crippen molar-refractivity contribution in [2.75, 3.05) is 5.32 Å². The lowest BCUT2D eigenvalue weighted by atomic mass is 10.2. The molecule has 0 aliphatic heterocycles. The summed E-state index contributed by atoms with van der Waals surface area (Å²) in [6, 6.07) is 10.4. The maximum atomic E-state index is 13.4. The van der Waals surface area contributed by atoms with E-state index in [0.29, 0.717) is 17.0 Å². The molecule has 0 saturated carbocycles. The summed E-state index contributed by atoms with van der Waals surface area (Å²) in [5.41, 5.74) is 1.60. The average Bonchev–Trinajstić information content (AvgIpc) is 2.90.